The Morgan fingerprint density at radius 1 is 1.14 bits per heavy atom. The molecule has 0 saturated carbocycles. The van der Waals surface area contributed by atoms with E-state index in [1.807, 2.05) is 24.3 Å². The van der Waals surface area contributed by atoms with Gasteiger partial charge < -0.3 is 10.2 Å². The standard InChI is InChI=1S/C24H31N3OS/c1-16(28)17-7-9-21(10-8-17)25-24(29)27-12-4-5-18-13-19-14-20(23(18)27)15-26-11-3-2-6-22(19)26/h7-10,13,19-20,22-23H,2-6,11-12,14-15H2,1H3,(H,25,29)/t19-,20+,22+,23-/m0/s1. The van der Waals surface area contributed by atoms with Crippen LogP contribution in [0.1, 0.15) is 55.8 Å². The zero-order valence-corrected chi connectivity index (χ0v) is 18.1. The van der Waals surface area contributed by atoms with Crippen molar-refractivity contribution >= 4 is 28.8 Å². The van der Waals surface area contributed by atoms with Crippen molar-refractivity contribution in [3.05, 3.63) is 41.5 Å². The summed E-state index contributed by atoms with van der Waals surface area (Å²) in [5.74, 6) is 1.53. The SMILES string of the molecule is CC(=O)c1ccc(NC(=S)N2CCCC3=C[C@H]4C[C@H](CN5CCCC[C@H]45)[C@H]32)cc1. The van der Waals surface area contributed by atoms with Gasteiger partial charge in [0.1, 0.15) is 0 Å². The van der Waals surface area contributed by atoms with Crippen molar-refractivity contribution in [2.45, 2.75) is 57.5 Å². The first-order valence-corrected chi connectivity index (χ1v) is 11.6. The summed E-state index contributed by atoms with van der Waals surface area (Å²) >= 11 is 5.88. The maximum atomic E-state index is 11.5. The number of carbonyl (C=O) groups excluding carboxylic acids is 1. The van der Waals surface area contributed by atoms with E-state index in [4.69, 9.17) is 12.2 Å². The lowest BCUT2D eigenvalue weighted by atomic mass is 9.68. The lowest BCUT2D eigenvalue weighted by molar-refractivity contribution is 0.0132. The van der Waals surface area contributed by atoms with Gasteiger partial charge in [-0.3, -0.25) is 9.69 Å². The molecule has 0 unspecified atom stereocenters. The van der Waals surface area contributed by atoms with Gasteiger partial charge in [0.05, 0.1) is 6.04 Å². The van der Waals surface area contributed by atoms with Crippen molar-refractivity contribution in [3.63, 3.8) is 0 Å². The number of thiocarbonyl (C=S) groups is 1. The fourth-order valence-corrected chi connectivity index (χ4v) is 6.51. The van der Waals surface area contributed by atoms with E-state index in [0.717, 1.165) is 34.9 Å². The highest BCUT2D eigenvalue weighted by atomic mass is 32.1. The number of hydrogen-bond acceptors (Lipinski definition) is 3. The fraction of sp³-hybridized carbons (Fsp3) is 0.583. The number of anilines is 1. The summed E-state index contributed by atoms with van der Waals surface area (Å²) in [6.45, 7) is 5.14. The fourth-order valence-electron chi connectivity index (χ4n) is 6.18. The predicted molar refractivity (Wildman–Crippen MR) is 121 cm³/mol. The molecule has 5 rings (SSSR count). The van der Waals surface area contributed by atoms with Gasteiger partial charge >= 0.3 is 0 Å². The molecular formula is C24H31N3OS. The second kappa shape index (κ2) is 7.84. The predicted octanol–water partition coefficient (Wildman–Crippen LogP) is 4.48. The Hall–Kier alpha value is -1.72. The van der Waals surface area contributed by atoms with E-state index < -0.39 is 0 Å². The molecule has 3 aliphatic heterocycles. The number of rotatable bonds is 2. The largest absolute Gasteiger partial charge is 0.342 e. The van der Waals surface area contributed by atoms with Gasteiger partial charge in [-0.1, -0.05) is 18.1 Å². The number of benzene rings is 1. The summed E-state index contributed by atoms with van der Waals surface area (Å²) in [4.78, 5) is 16.8. The molecule has 3 fully saturated rings. The van der Waals surface area contributed by atoms with E-state index in [1.165, 1.54) is 51.6 Å². The van der Waals surface area contributed by atoms with E-state index in [2.05, 4.69) is 21.2 Å². The molecule has 1 aromatic carbocycles. The summed E-state index contributed by atoms with van der Waals surface area (Å²) in [6, 6.07) is 8.90. The number of fused-ring (bicyclic) bond motifs is 6. The highest BCUT2D eigenvalue weighted by Crippen LogP contribution is 2.45. The highest BCUT2D eigenvalue weighted by molar-refractivity contribution is 7.80. The van der Waals surface area contributed by atoms with Gasteiger partial charge in [-0.05, 0) is 93.9 Å². The Morgan fingerprint density at radius 2 is 1.97 bits per heavy atom. The first-order valence-electron chi connectivity index (χ1n) is 11.2. The minimum Gasteiger partial charge on any atom is -0.342 e. The third-order valence-corrected chi connectivity index (χ3v) is 7.80. The minimum absolute atomic E-state index is 0.0926. The van der Waals surface area contributed by atoms with E-state index in [0.29, 0.717) is 12.0 Å². The average molecular weight is 410 g/mol. The Labute approximate surface area is 179 Å². The van der Waals surface area contributed by atoms with Crippen molar-refractivity contribution in [3.8, 4) is 0 Å². The molecule has 4 aliphatic rings. The smallest absolute Gasteiger partial charge is 0.173 e. The summed E-state index contributed by atoms with van der Waals surface area (Å²) in [5, 5.41) is 4.28. The highest BCUT2D eigenvalue weighted by Gasteiger charge is 2.46. The third kappa shape index (κ3) is 3.64. The number of hydrogen-bond donors (Lipinski definition) is 1. The summed E-state index contributed by atoms with van der Waals surface area (Å²) in [6.07, 6.45) is 10.5. The minimum atomic E-state index is 0.0926. The van der Waals surface area contributed by atoms with E-state index in [1.54, 1.807) is 12.5 Å². The van der Waals surface area contributed by atoms with Gasteiger partial charge in [0, 0.05) is 30.4 Å². The Bertz CT molecular complexity index is 833. The van der Waals surface area contributed by atoms with Gasteiger partial charge in [0.15, 0.2) is 10.9 Å². The van der Waals surface area contributed by atoms with E-state index >= 15 is 0 Å². The molecule has 3 heterocycles. The summed E-state index contributed by atoms with van der Waals surface area (Å²) < 4.78 is 0. The second-order valence-electron chi connectivity index (χ2n) is 9.26. The van der Waals surface area contributed by atoms with Crippen LogP contribution in [0, 0.1) is 11.8 Å². The molecule has 4 nitrogen and oxygen atoms in total. The molecule has 1 N–H and O–H groups in total. The maximum absolute atomic E-state index is 11.5. The van der Waals surface area contributed by atoms with Crippen molar-refractivity contribution in [1.82, 2.24) is 9.80 Å². The van der Waals surface area contributed by atoms with Crippen LogP contribution in [0.5, 0.6) is 0 Å². The van der Waals surface area contributed by atoms with Crippen LogP contribution in [0.3, 0.4) is 0 Å². The first kappa shape index (κ1) is 19.3. The van der Waals surface area contributed by atoms with Crippen LogP contribution in [0.2, 0.25) is 0 Å². The first-order chi connectivity index (χ1) is 14.1. The number of nitrogens with zero attached hydrogens (tertiary/aromatic N) is 2. The monoisotopic (exact) mass is 409 g/mol. The molecule has 0 aromatic heterocycles. The lowest BCUT2D eigenvalue weighted by Crippen LogP contribution is -2.60. The van der Waals surface area contributed by atoms with Crippen LogP contribution < -0.4 is 5.32 Å². The van der Waals surface area contributed by atoms with Crippen molar-refractivity contribution in [2.24, 2.45) is 11.8 Å². The molecule has 3 saturated heterocycles. The Balaban J connectivity index is 1.35. The van der Waals surface area contributed by atoms with E-state index in [-0.39, 0.29) is 5.78 Å². The third-order valence-electron chi connectivity index (χ3n) is 7.46. The molecule has 0 amide bonds. The molecule has 5 heteroatoms. The normalized spacial score (nSPS) is 31.3. The van der Waals surface area contributed by atoms with Crippen LogP contribution in [0.15, 0.2) is 35.9 Å². The lowest BCUT2D eigenvalue weighted by Gasteiger charge is -2.55. The van der Waals surface area contributed by atoms with Gasteiger partial charge in [0.25, 0.3) is 0 Å². The number of likely N-dealkylation sites (tertiary alicyclic amines) is 1. The molecule has 0 spiro atoms. The van der Waals surface area contributed by atoms with Gasteiger partial charge in [-0.2, -0.15) is 0 Å². The molecule has 2 bridgehead atoms. The maximum Gasteiger partial charge on any atom is 0.173 e. The molecule has 0 radical (unpaired) electrons. The quantitative estimate of drug-likeness (QED) is 0.443. The average Bonchev–Trinajstić information content (AvgIpc) is 2.74. The number of piperidine rings is 3. The molecule has 154 valence electrons. The number of nitrogens with one attached hydrogen (secondary N) is 1. The number of carbonyl (C=O) groups is 1. The molecule has 1 aliphatic carbocycles. The number of Topliss-reactive ketones (excluding diaryl/α,β-unsaturated/α-hetero) is 1. The van der Waals surface area contributed by atoms with Gasteiger partial charge in [0.2, 0.25) is 0 Å². The van der Waals surface area contributed by atoms with Crippen LogP contribution in [0.4, 0.5) is 5.69 Å². The topological polar surface area (TPSA) is 35.6 Å². The molecular weight excluding hydrogens is 378 g/mol. The molecule has 1 aromatic rings. The Kier molecular flexibility index (Phi) is 5.21. The zero-order valence-electron chi connectivity index (χ0n) is 17.3. The second-order valence-corrected chi connectivity index (χ2v) is 9.65. The van der Waals surface area contributed by atoms with Crippen LogP contribution in [-0.2, 0) is 0 Å². The number of ketones is 1. The van der Waals surface area contributed by atoms with E-state index in [9.17, 15) is 4.79 Å². The van der Waals surface area contributed by atoms with Crippen LogP contribution in [0.25, 0.3) is 0 Å². The van der Waals surface area contributed by atoms with Crippen LogP contribution in [-0.4, -0.2) is 52.4 Å². The van der Waals surface area contributed by atoms with Crippen molar-refractivity contribution in [2.75, 3.05) is 25.0 Å². The van der Waals surface area contributed by atoms with Gasteiger partial charge in [-0.25, -0.2) is 0 Å². The summed E-state index contributed by atoms with van der Waals surface area (Å²) in [5.41, 5.74) is 3.34. The molecule has 4 atom stereocenters. The van der Waals surface area contributed by atoms with Gasteiger partial charge in [-0.15, -0.1) is 0 Å². The zero-order chi connectivity index (χ0) is 20.0. The van der Waals surface area contributed by atoms with Crippen molar-refractivity contribution in [1.29, 1.82) is 0 Å². The molecule has 29 heavy (non-hydrogen) atoms. The van der Waals surface area contributed by atoms with Crippen LogP contribution >= 0.6 is 12.2 Å². The Morgan fingerprint density at radius 3 is 2.76 bits per heavy atom. The van der Waals surface area contributed by atoms with Crippen molar-refractivity contribution < 1.29 is 4.79 Å². The summed E-state index contributed by atoms with van der Waals surface area (Å²) in [7, 11) is 0.